The summed E-state index contributed by atoms with van der Waals surface area (Å²) in [6, 6.07) is 9.05. The van der Waals surface area contributed by atoms with Crippen molar-refractivity contribution in [1.29, 1.82) is 0 Å². The van der Waals surface area contributed by atoms with Crippen LogP contribution in [0.3, 0.4) is 0 Å². The van der Waals surface area contributed by atoms with E-state index in [9.17, 15) is 12.8 Å². The number of hydrazone groups is 1. The lowest BCUT2D eigenvalue weighted by molar-refractivity contribution is 0.372. The van der Waals surface area contributed by atoms with E-state index in [1.54, 1.807) is 25.4 Å². The normalized spacial score (nSPS) is 16.9. The second kappa shape index (κ2) is 7.40. The Bertz CT molecular complexity index is 1210. The average Bonchev–Trinajstić information content (AvgIpc) is 3.19. The number of aromatic nitrogens is 2. The number of hydrogen-bond donors (Lipinski definition) is 0. The van der Waals surface area contributed by atoms with E-state index >= 15 is 0 Å². The maximum Gasteiger partial charge on any atom is 0.250 e. The van der Waals surface area contributed by atoms with Crippen molar-refractivity contribution in [1.82, 2.24) is 14.4 Å². The Balaban J connectivity index is 1.80. The van der Waals surface area contributed by atoms with Gasteiger partial charge in [0.05, 0.1) is 35.6 Å². The van der Waals surface area contributed by atoms with Crippen LogP contribution in [0.15, 0.2) is 53.9 Å². The van der Waals surface area contributed by atoms with Crippen LogP contribution in [0, 0.1) is 5.82 Å². The molecule has 29 heavy (non-hydrogen) atoms. The highest BCUT2D eigenvalue weighted by atomic mass is 32.2. The molecule has 0 amide bonds. The van der Waals surface area contributed by atoms with Crippen molar-refractivity contribution >= 4 is 26.8 Å². The molecule has 2 aromatic carbocycles. The van der Waals surface area contributed by atoms with Gasteiger partial charge in [-0.15, -0.1) is 0 Å². The number of benzene rings is 2. The fourth-order valence-electron chi connectivity index (χ4n) is 3.38. The van der Waals surface area contributed by atoms with Gasteiger partial charge in [-0.3, -0.25) is 9.97 Å². The van der Waals surface area contributed by atoms with E-state index in [2.05, 4.69) is 15.1 Å². The minimum absolute atomic E-state index is 0.0891. The predicted molar refractivity (Wildman–Crippen MR) is 108 cm³/mol. The van der Waals surface area contributed by atoms with E-state index in [0.29, 0.717) is 29.0 Å². The minimum atomic E-state index is -3.62. The highest BCUT2D eigenvalue weighted by molar-refractivity contribution is 7.89. The second-order valence-corrected chi connectivity index (χ2v) is 8.70. The van der Waals surface area contributed by atoms with E-state index in [1.165, 1.54) is 19.2 Å². The second-order valence-electron chi connectivity index (χ2n) is 6.59. The Labute approximate surface area is 167 Å². The topological polar surface area (TPSA) is 84.8 Å². The van der Waals surface area contributed by atoms with Crippen molar-refractivity contribution in [2.45, 2.75) is 19.4 Å². The smallest absolute Gasteiger partial charge is 0.250 e. The molecule has 7 nitrogen and oxygen atoms in total. The van der Waals surface area contributed by atoms with Crippen LogP contribution in [-0.2, 0) is 10.0 Å². The number of ether oxygens (including phenoxy) is 1. The first-order valence-electron chi connectivity index (χ1n) is 9.07. The Morgan fingerprint density at radius 1 is 1.14 bits per heavy atom. The summed E-state index contributed by atoms with van der Waals surface area (Å²) in [7, 11) is -2.18. The zero-order chi connectivity index (χ0) is 20.6. The number of halogens is 1. The highest BCUT2D eigenvalue weighted by Crippen LogP contribution is 2.37. The molecule has 0 unspecified atom stereocenters. The Hall–Kier alpha value is -3.07. The number of rotatable bonds is 5. The quantitative estimate of drug-likeness (QED) is 0.640. The molecule has 0 saturated heterocycles. The van der Waals surface area contributed by atoms with Gasteiger partial charge in [0.25, 0.3) is 0 Å². The maximum atomic E-state index is 13.6. The molecule has 0 saturated carbocycles. The molecule has 0 bridgehead atoms. The number of methoxy groups -OCH3 is 1. The van der Waals surface area contributed by atoms with Crippen LogP contribution in [0.1, 0.15) is 30.5 Å². The fraction of sp³-hybridized carbons (Fsp3) is 0.250. The molecule has 2 heterocycles. The molecule has 0 N–H and O–H groups in total. The number of nitrogens with zero attached hydrogens (tertiary/aromatic N) is 4. The molecule has 150 valence electrons. The van der Waals surface area contributed by atoms with Gasteiger partial charge in [0.2, 0.25) is 10.0 Å². The molecule has 0 radical (unpaired) electrons. The molecule has 0 fully saturated rings. The third-order valence-electron chi connectivity index (χ3n) is 4.88. The molecule has 1 aliphatic rings. The SMILES string of the molecule is CCS(=O)(=O)N1N=C(c2ccc(F)cc2OC)C[C@H]1c1ccc2nccnc2c1. The molecule has 1 aliphatic heterocycles. The van der Waals surface area contributed by atoms with Crippen molar-refractivity contribution < 1.29 is 17.5 Å². The van der Waals surface area contributed by atoms with Crippen LogP contribution in [0.4, 0.5) is 4.39 Å². The van der Waals surface area contributed by atoms with Gasteiger partial charge in [-0.1, -0.05) is 6.07 Å². The lowest BCUT2D eigenvalue weighted by Crippen LogP contribution is -2.28. The van der Waals surface area contributed by atoms with Gasteiger partial charge in [-0.25, -0.2) is 12.8 Å². The van der Waals surface area contributed by atoms with Crippen molar-refractivity contribution in [3.8, 4) is 5.75 Å². The van der Waals surface area contributed by atoms with Crippen LogP contribution in [0.25, 0.3) is 11.0 Å². The van der Waals surface area contributed by atoms with Gasteiger partial charge in [-0.05, 0) is 36.8 Å². The van der Waals surface area contributed by atoms with Crippen LogP contribution < -0.4 is 4.74 Å². The van der Waals surface area contributed by atoms with Gasteiger partial charge < -0.3 is 4.74 Å². The van der Waals surface area contributed by atoms with Crippen LogP contribution in [-0.4, -0.2) is 41.4 Å². The first-order valence-corrected chi connectivity index (χ1v) is 10.7. The molecular formula is C20H19FN4O3S. The van der Waals surface area contributed by atoms with Gasteiger partial charge in [0, 0.05) is 30.4 Å². The first kappa shape index (κ1) is 19.3. The van der Waals surface area contributed by atoms with Crippen molar-refractivity contribution in [3.63, 3.8) is 0 Å². The summed E-state index contributed by atoms with van der Waals surface area (Å²) in [5.74, 6) is -0.219. The highest BCUT2D eigenvalue weighted by Gasteiger charge is 2.36. The van der Waals surface area contributed by atoms with Gasteiger partial charge in [-0.2, -0.15) is 9.52 Å². The molecule has 3 aromatic rings. The van der Waals surface area contributed by atoms with Crippen molar-refractivity contribution in [2.75, 3.05) is 12.9 Å². The van der Waals surface area contributed by atoms with E-state index in [4.69, 9.17) is 4.74 Å². The summed E-state index contributed by atoms with van der Waals surface area (Å²) in [4.78, 5) is 8.56. The summed E-state index contributed by atoms with van der Waals surface area (Å²) in [6.07, 6.45) is 3.52. The number of fused-ring (bicyclic) bond motifs is 1. The van der Waals surface area contributed by atoms with Gasteiger partial charge in [0.1, 0.15) is 11.6 Å². The van der Waals surface area contributed by atoms with E-state index in [1.807, 2.05) is 18.2 Å². The Kier molecular flexibility index (Phi) is 4.91. The first-order chi connectivity index (χ1) is 13.9. The number of hydrogen-bond acceptors (Lipinski definition) is 6. The molecule has 9 heteroatoms. The molecular weight excluding hydrogens is 395 g/mol. The van der Waals surface area contributed by atoms with Crippen molar-refractivity contribution in [2.24, 2.45) is 5.10 Å². The third-order valence-corrected chi connectivity index (χ3v) is 6.51. The summed E-state index contributed by atoms with van der Waals surface area (Å²) >= 11 is 0. The fourth-order valence-corrected chi connectivity index (χ4v) is 4.45. The lowest BCUT2D eigenvalue weighted by Gasteiger charge is -2.22. The zero-order valence-corrected chi connectivity index (χ0v) is 16.7. The third kappa shape index (κ3) is 3.53. The maximum absolute atomic E-state index is 13.6. The molecule has 1 atom stereocenters. The lowest BCUT2D eigenvalue weighted by atomic mass is 9.98. The van der Waals surface area contributed by atoms with Crippen LogP contribution in [0.2, 0.25) is 0 Å². The molecule has 4 rings (SSSR count). The van der Waals surface area contributed by atoms with E-state index in [0.717, 1.165) is 15.5 Å². The summed E-state index contributed by atoms with van der Waals surface area (Å²) < 4.78 is 45.5. The predicted octanol–water partition coefficient (Wildman–Crippen LogP) is 3.28. The minimum Gasteiger partial charge on any atom is -0.496 e. The molecule has 0 spiro atoms. The van der Waals surface area contributed by atoms with E-state index < -0.39 is 21.9 Å². The number of sulfonamides is 1. The van der Waals surface area contributed by atoms with Crippen LogP contribution >= 0.6 is 0 Å². The summed E-state index contributed by atoms with van der Waals surface area (Å²) in [5, 5.41) is 4.40. The Morgan fingerprint density at radius 3 is 2.62 bits per heavy atom. The summed E-state index contributed by atoms with van der Waals surface area (Å²) in [5.41, 5.74) is 3.23. The van der Waals surface area contributed by atoms with E-state index in [-0.39, 0.29) is 5.75 Å². The molecule has 1 aromatic heterocycles. The largest absolute Gasteiger partial charge is 0.496 e. The van der Waals surface area contributed by atoms with Gasteiger partial charge in [0.15, 0.2) is 0 Å². The Morgan fingerprint density at radius 2 is 1.90 bits per heavy atom. The van der Waals surface area contributed by atoms with Gasteiger partial charge >= 0.3 is 0 Å². The summed E-state index contributed by atoms with van der Waals surface area (Å²) in [6.45, 7) is 1.57. The molecule has 0 aliphatic carbocycles. The monoisotopic (exact) mass is 414 g/mol. The van der Waals surface area contributed by atoms with Crippen molar-refractivity contribution in [3.05, 3.63) is 65.7 Å². The van der Waals surface area contributed by atoms with Crippen LogP contribution in [0.5, 0.6) is 5.75 Å². The zero-order valence-electron chi connectivity index (χ0n) is 15.9. The standard InChI is InChI=1S/C20H19FN4O3S/c1-3-29(26,27)25-19(13-4-7-16-18(10-13)23-9-8-22-16)12-17(24-25)15-6-5-14(21)11-20(15)28-2/h4-11,19H,3,12H2,1-2H3/t19-/m0/s1. The average molecular weight is 414 g/mol.